The van der Waals surface area contributed by atoms with Crippen LogP contribution in [0, 0.1) is 5.92 Å². The molecule has 1 aromatic heterocycles. The molecule has 0 unspecified atom stereocenters. The maximum Gasteiger partial charge on any atom is 0.268 e. The molecule has 2 aliphatic rings. The third-order valence-corrected chi connectivity index (χ3v) is 7.22. The Morgan fingerprint density at radius 1 is 1.18 bits per heavy atom. The van der Waals surface area contributed by atoms with Gasteiger partial charge in [0, 0.05) is 26.3 Å². The first kappa shape index (κ1) is 19.2. The molecule has 1 aliphatic heterocycles. The average Bonchev–Trinajstić information content (AvgIpc) is 3.48. The summed E-state index contributed by atoms with van der Waals surface area (Å²) in [6.45, 7) is 1.44. The second kappa shape index (κ2) is 7.69. The fourth-order valence-electron chi connectivity index (χ4n) is 3.62. The molecule has 2 heterocycles. The molecule has 0 spiro atoms. The van der Waals surface area contributed by atoms with E-state index in [0.29, 0.717) is 37.9 Å². The van der Waals surface area contributed by atoms with Crippen LogP contribution in [0.3, 0.4) is 0 Å². The smallest absolute Gasteiger partial charge is 0.268 e. The number of rotatable bonds is 6. The van der Waals surface area contributed by atoms with Crippen LogP contribution in [-0.4, -0.2) is 49.5 Å². The summed E-state index contributed by atoms with van der Waals surface area (Å²) >= 11 is 0. The minimum Gasteiger partial charge on any atom is -0.379 e. The number of benzene rings is 1. The van der Waals surface area contributed by atoms with E-state index >= 15 is 0 Å². The van der Waals surface area contributed by atoms with Crippen LogP contribution in [0.15, 0.2) is 47.5 Å². The summed E-state index contributed by atoms with van der Waals surface area (Å²) < 4.78 is 33.9. The Morgan fingerprint density at radius 2 is 1.86 bits per heavy atom. The van der Waals surface area contributed by atoms with Crippen LogP contribution in [0.2, 0.25) is 0 Å². The number of amides is 1. The molecule has 150 valence electrons. The number of nitrogens with zero attached hydrogens (tertiary/aromatic N) is 2. The second-order valence-electron chi connectivity index (χ2n) is 7.39. The van der Waals surface area contributed by atoms with Gasteiger partial charge in [-0.3, -0.25) is 4.79 Å². The van der Waals surface area contributed by atoms with Crippen molar-refractivity contribution in [1.82, 2.24) is 14.2 Å². The molecule has 1 saturated carbocycles. The minimum absolute atomic E-state index is 0.0529. The highest BCUT2D eigenvalue weighted by Gasteiger charge is 2.34. The average molecular weight is 404 g/mol. The molecule has 2 aromatic rings. The van der Waals surface area contributed by atoms with Crippen molar-refractivity contribution in [3.8, 4) is 0 Å². The van der Waals surface area contributed by atoms with Gasteiger partial charge in [0.1, 0.15) is 10.6 Å². The van der Waals surface area contributed by atoms with E-state index in [-0.39, 0.29) is 16.8 Å². The zero-order valence-electron chi connectivity index (χ0n) is 15.9. The fraction of sp³-hybridized carbons (Fsp3) is 0.450. The van der Waals surface area contributed by atoms with Gasteiger partial charge in [-0.1, -0.05) is 30.3 Å². The van der Waals surface area contributed by atoms with E-state index in [2.05, 4.69) is 5.32 Å². The van der Waals surface area contributed by atoms with Crippen LogP contribution in [0.4, 0.5) is 0 Å². The third kappa shape index (κ3) is 3.85. The summed E-state index contributed by atoms with van der Waals surface area (Å²) in [6.07, 6.45) is 3.68. The van der Waals surface area contributed by atoms with Crippen LogP contribution >= 0.6 is 0 Å². The Hall–Kier alpha value is -2.16. The molecule has 0 radical (unpaired) electrons. The zero-order chi connectivity index (χ0) is 19.7. The first-order valence-corrected chi connectivity index (χ1v) is 11.0. The molecule has 1 saturated heterocycles. The van der Waals surface area contributed by atoms with Gasteiger partial charge >= 0.3 is 0 Å². The largest absolute Gasteiger partial charge is 0.379 e. The van der Waals surface area contributed by atoms with Crippen molar-refractivity contribution in [1.29, 1.82) is 0 Å². The molecular formula is C20H25N3O4S. The lowest BCUT2D eigenvalue weighted by molar-refractivity contribution is 0.0730. The number of hydrogen-bond donors (Lipinski definition) is 1. The Balaban J connectivity index is 1.55. The van der Waals surface area contributed by atoms with Gasteiger partial charge in [-0.25, -0.2) is 8.42 Å². The van der Waals surface area contributed by atoms with Crippen LogP contribution in [0.5, 0.6) is 0 Å². The number of aromatic nitrogens is 1. The molecule has 28 heavy (non-hydrogen) atoms. The highest BCUT2D eigenvalue weighted by molar-refractivity contribution is 7.89. The van der Waals surface area contributed by atoms with Gasteiger partial charge < -0.3 is 14.6 Å². The molecule has 4 rings (SSSR count). The number of nitrogens with one attached hydrogen (secondary N) is 1. The van der Waals surface area contributed by atoms with Crippen molar-refractivity contribution in [2.45, 2.75) is 23.8 Å². The highest BCUT2D eigenvalue weighted by atomic mass is 32.2. The topological polar surface area (TPSA) is 80.6 Å². The zero-order valence-corrected chi connectivity index (χ0v) is 16.7. The van der Waals surface area contributed by atoms with E-state index < -0.39 is 10.0 Å². The number of ether oxygens (including phenoxy) is 1. The monoisotopic (exact) mass is 403 g/mol. The van der Waals surface area contributed by atoms with Crippen molar-refractivity contribution < 1.29 is 17.9 Å². The van der Waals surface area contributed by atoms with Crippen LogP contribution in [0.25, 0.3) is 0 Å². The summed E-state index contributed by atoms with van der Waals surface area (Å²) in [5, 5.41) is 3.11. The van der Waals surface area contributed by atoms with Gasteiger partial charge in [-0.2, -0.15) is 4.31 Å². The van der Waals surface area contributed by atoms with Gasteiger partial charge in [0.2, 0.25) is 10.0 Å². The van der Waals surface area contributed by atoms with Crippen molar-refractivity contribution in [2.75, 3.05) is 26.3 Å². The Bertz CT molecular complexity index is 945. The first-order valence-electron chi connectivity index (χ1n) is 9.57. The molecule has 1 aliphatic carbocycles. The normalized spacial score (nSPS) is 19.3. The molecule has 0 bridgehead atoms. The highest BCUT2D eigenvalue weighted by Crippen LogP contribution is 2.41. The number of sulfonamides is 1. The van der Waals surface area contributed by atoms with Crippen molar-refractivity contribution in [3.05, 3.63) is 53.9 Å². The van der Waals surface area contributed by atoms with E-state index in [1.165, 1.54) is 16.6 Å². The lowest BCUT2D eigenvalue weighted by Crippen LogP contribution is -2.40. The molecule has 1 N–H and O–H groups in total. The molecule has 2 fully saturated rings. The predicted molar refractivity (Wildman–Crippen MR) is 104 cm³/mol. The fourth-order valence-corrected chi connectivity index (χ4v) is 5.10. The maximum atomic E-state index is 12.9. The lowest BCUT2D eigenvalue weighted by Gasteiger charge is -2.25. The summed E-state index contributed by atoms with van der Waals surface area (Å²) in [4.78, 5) is 13.1. The molecule has 7 nitrogen and oxygen atoms in total. The van der Waals surface area contributed by atoms with Gasteiger partial charge in [-0.15, -0.1) is 0 Å². The summed E-state index contributed by atoms with van der Waals surface area (Å²) in [5.41, 5.74) is 1.42. The van der Waals surface area contributed by atoms with Crippen molar-refractivity contribution >= 4 is 15.9 Å². The predicted octanol–water partition coefficient (Wildman–Crippen LogP) is 1.93. The quantitative estimate of drug-likeness (QED) is 0.799. The molecule has 1 amide bonds. The summed E-state index contributed by atoms with van der Waals surface area (Å²) in [6, 6.07) is 11.3. The van der Waals surface area contributed by atoms with Gasteiger partial charge in [0.05, 0.1) is 19.3 Å². The molecule has 1 aromatic carbocycles. The van der Waals surface area contributed by atoms with Crippen LogP contribution in [-0.2, 0) is 21.8 Å². The second-order valence-corrected chi connectivity index (χ2v) is 9.33. The van der Waals surface area contributed by atoms with Crippen molar-refractivity contribution in [3.63, 3.8) is 0 Å². The van der Waals surface area contributed by atoms with E-state index in [4.69, 9.17) is 4.74 Å². The minimum atomic E-state index is -3.63. The molecule has 1 atom stereocenters. The Kier molecular flexibility index (Phi) is 5.27. The van der Waals surface area contributed by atoms with Gasteiger partial charge in [0.15, 0.2) is 0 Å². The SMILES string of the molecule is Cn1cc(S(=O)(=O)N2CCOCC2)cc1C(=O)N[C@H](c1ccccc1)C1CC1. The standard InChI is InChI=1S/C20H25N3O4S/c1-22-14-17(28(25,26)23-9-11-27-12-10-23)13-18(22)20(24)21-19(16-7-8-16)15-5-3-2-4-6-15/h2-6,13-14,16,19H,7-12H2,1H3,(H,21,24)/t19-/m1/s1. The Labute approximate surface area is 165 Å². The van der Waals surface area contributed by atoms with E-state index in [1.807, 2.05) is 30.3 Å². The van der Waals surface area contributed by atoms with Gasteiger partial charge in [0.25, 0.3) is 5.91 Å². The summed E-state index contributed by atoms with van der Waals surface area (Å²) in [7, 11) is -1.93. The van der Waals surface area contributed by atoms with E-state index in [0.717, 1.165) is 18.4 Å². The van der Waals surface area contributed by atoms with Crippen LogP contribution < -0.4 is 5.32 Å². The first-order chi connectivity index (χ1) is 13.5. The Morgan fingerprint density at radius 3 is 2.50 bits per heavy atom. The van der Waals surface area contributed by atoms with Crippen LogP contribution in [0.1, 0.15) is 34.9 Å². The third-order valence-electron chi connectivity index (χ3n) is 5.36. The summed E-state index contributed by atoms with van der Waals surface area (Å²) in [5.74, 6) is 0.176. The number of aryl methyl sites for hydroxylation is 1. The molecular weight excluding hydrogens is 378 g/mol. The molecule has 8 heteroatoms. The number of hydrogen-bond acceptors (Lipinski definition) is 4. The lowest BCUT2D eigenvalue weighted by atomic mass is 10.0. The maximum absolute atomic E-state index is 12.9. The van der Waals surface area contributed by atoms with E-state index in [9.17, 15) is 13.2 Å². The number of carbonyl (C=O) groups excluding carboxylic acids is 1. The number of carbonyl (C=O) groups is 1. The number of morpholine rings is 1. The van der Waals surface area contributed by atoms with Gasteiger partial charge in [-0.05, 0) is 30.4 Å². The van der Waals surface area contributed by atoms with E-state index in [1.54, 1.807) is 11.6 Å². The van der Waals surface area contributed by atoms with Crippen molar-refractivity contribution in [2.24, 2.45) is 13.0 Å².